The highest BCUT2D eigenvalue weighted by molar-refractivity contribution is 6.04. The van der Waals surface area contributed by atoms with E-state index in [0.717, 1.165) is 29.1 Å². The van der Waals surface area contributed by atoms with Crippen molar-refractivity contribution in [1.82, 2.24) is 19.3 Å². The van der Waals surface area contributed by atoms with E-state index in [2.05, 4.69) is 53.4 Å². The molecule has 0 bridgehead atoms. The predicted molar refractivity (Wildman–Crippen MR) is 165 cm³/mol. The number of aliphatic hydroxyl groups is 1. The molecule has 8 heteroatoms. The number of carbonyl (C=O) groups is 1. The largest absolute Gasteiger partial charge is 0.395 e. The van der Waals surface area contributed by atoms with Crippen molar-refractivity contribution in [3.63, 3.8) is 0 Å². The predicted octanol–water partition coefficient (Wildman–Crippen LogP) is 6.11. The van der Waals surface area contributed by atoms with Gasteiger partial charge < -0.3 is 20.1 Å². The van der Waals surface area contributed by atoms with E-state index in [1.807, 2.05) is 84.5 Å². The quantitative estimate of drug-likeness (QED) is 0.206. The number of carbonyl (C=O) groups excluding carboxylic acids is 1. The van der Waals surface area contributed by atoms with Crippen LogP contribution in [0.4, 0.5) is 17.2 Å². The summed E-state index contributed by atoms with van der Waals surface area (Å²) in [6.45, 7) is 7.99. The first-order valence-corrected chi connectivity index (χ1v) is 13.7. The highest BCUT2D eigenvalue weighted by Crippen LogP contribution is 2.27. The summed E-state index contributed by atoms with van der Waals surface area (Å²) in [7, 11) is 1.98. The highest BCUT2D eigenvalue weighted by Gasteiger charge is 2.15. The molecule has 3 aromatic carbocycles. The molecule has 5 aromatic rings. The molecule has 0 saturated carbocycles. The minimum atomic E-state index is -0.158. The molecule has 0 saturated heterocycles. The van der Waals surface area contributed by atoms with E-state index in [9.17, 15) is 4.79 Å². The third-order valence-corrected chi connectivity index (χ3v) is 6.95. The molecule has 0 aliphatic rings. The van der Waals surface area contributed by atoms with Crippen molar-refractivity contribution in [3.8, 4) is 11.3 Å². The van der Waals surface area contributed by atoms with Crippen molar-refractivity contribution in [2.24, 2.45) is 0 Å². The number of anilines is 3. The summed E-state index contributed by atoms with van der Waals surface area (Å²) in [6.07, 6.45) is 5.56. The fourth-order valence-corrected chi connectivity index (χ4v) is 4.63. The van der Waals surface area contributed by atoms with Gasteiger partial charge in [-0.2, -0.15) is 0 Å². The minimum absolute atomic E-state index is 0.0293. The Morgan fingerprint density at radius 3 is 2.46 bits per heavy atom. The lowest BCUT2D eigenvalue weighted by atomic mass is 9.87. The number of nitrogens with one attached hydrogen (secondary N) is 2. The van der Waals surface area contributed by atoms with Gasteiger partial charge in [-0.15, -0.1) is 0 Å². The Labute approximate surface area is 240 Å². The van der Waals surface area contributed by atoms with Crippen LogP contribution >= 0.6 is 0 Å². The molecular weight excluding hydrogens is 512 g/mol. The standard InChI is InChI=1S/C33H36N6O2/c1-33(2,3)26-12-10-24(11-13-26)32(41)36-28-7-5-6-25(20-28)29-22-39-17-16-34-31(39)30(37-29)35-27-14-8-23(9-15-27)21-38(4)18-19-40/h5-17,20,22,40H,18-19,21H2,1-4H3,(H,35,37)(H,36,41). The number of amides is 1. The Morgan fingerprint density at radius 1 is 1.00 bits per heavy atom. The third-order valence-electron chi connectivity index (χ3n) is 6.95. The topological polar surface area (TPSA) is 94.8 Å². The van der Waals surface area contributed by atoms with E-state index in [1.165, 1.54) is 5.56 Å². The summed E-state index contributed by atoms with van der Waals surface area (Å²) in [5, 5.41) is 15.6. The lowest BCUT2D eigenvalue weighted by Crippen LogP contribution is -2.21. The van der Waals surface area contributed by atoms with Gasteiger partial charge in [0.2, 0.25) is 0 Å². The molecule has 0 aliphatic heterocycles. The number of hydrogen-bond donors (Lipinski definition) is 3. The van der Waals surface area contributed by atoms with E-state index < -0.39 is 0 Å². The van der Waals surface area contributed by atoms with Crippen LogP contribution in [0.25, 0.3) is 16.9 Å². The lowest BCUT2D eigenvalue weighted by molar-refractivity contribution is 0.102. The number of nitrogens with zero attached hydrogens (tertiary/aromatic N) is 4. The van der Waals surface area contributed by atoms with E-state index in [1.54, 1.807) is 6.20 Å². The molecule has 0 atom stereocenters. The molecule has 1 amide bonds. The number of likely N-dealkylation sites (N-methyl/N-ethyl adjacent to an activating group) is 1. The van der Waals surface area contributed by atoms with Crippen LogP contribution in [-0.4, -0.2) is 50.5 Å². The van der Waals surface area contributed by atoms with Crippen LogP contribution in [0.1, 0.15) is 42.3 Å². The van der Waals surface area contributed by atoms with Crippen molar-refractivity contribution in [1.29, 1.82) is 0 Å². The Hall–Kier alpha value is -4.53. The second-order valence-electron chi connectivity index (χ2n) is 11.3. The summed E-state index contributed by atoms with van der Waals surface area (Å²) in [5.41, 5.74) is 6.89. The molecule has 0 fully saturated rings. The van der Waals surface area contributed by atoms with Crippen LogP contribution in [0.2, 0.25) is 0 Å². The van der Waals surface area contributed by atoms with Gasteiger partial charge in [0.1, 0.15) is 0 Å². The van der Waals surface area contributed by atoms with Crippen molar-refractivity contribution < 1.29 is 9.90 Å². The van der Waals surface area contributed by atoms with E-state index in [-0.39, 0.29) is 17.9 Å². The SMILES string of the molecule is CN(CCO)Cc1ccc(Nc2nc(-c3cccc(NC(=O)c4ccc(C(C)(C)C)cc4)c3)cn3ccnc23)cc1. The molecule has 0 radical (unpaired) electrons. The van der Waals surface area contributed by atoms with Gasteiger partial charge in [0.25, 0.3) is 5.91 Å². The zero-order chi connectivity index (χ0) is 29.0. The van der Waals surface area contributed by atoms with Gasteiger partial charge in [-0.3, -0.25) is 9.69 Å². The average molecular weight is 549 g/mol. The normalized spacial score (nSPS) is 11.7. The second-order valence-corrected chi connectivity index (χ2v) is 11.3. The molecular formula is C33H36N6O2. The zero-order valence-corrected chi connectivity index (χ0v) is 23.9. The van der Waals surface area contributed by atoms with Crippen LogP contribution in [-0.2, 0) is 12.0 Å². The van der Waals surface area contributed by atoms with E-state index in [4.69, 9.17) is 10.1 Å². The summed E-state index contributed by atoms with van der Waals surface area (Å²) in [6, 6.07) is 23.6. The van der Waals surface area contributed by atoms with Gasteiger partial charge in [0, 0.05) is 54.2 Å². The molecule has 0 aliphatic carbocycles. The number of imidazole rings is 1. The van der Waals surface area contributed by atoms with Crippen molar-refractivity contribution >= 4 is 28.7 Å². The molecule has 8 nitrogen and oxygen atoms in total. The maximum atomic E-state index is 13.0. The third kappa shape index (κ3) is 6.80. The summed E-state index contributed by atoms with van der Waals surface area (Å²) < 4.78 is 1.94. The molecule has 3 N–H and O–H groups in total. The number of fused-ring (bicyclic) bond motifs is 1. The van der Waals surface area contributed by atoms with Crippen molar-refractivity contribution in [2.75, 3.05) is 30.8 Å². The number of aromatic nitrogens is 3. The highest BCUT2D eigenvalue weighted by atomic mass is 16.3. The van der Waals surface area contributed by atoms with Crippen LogP contribution < -0.4 is 10.6 Å². The molecule has 2 aromatic heterocycles. The van der Waals surface area contributed by atoms with Crippen LogP contribution in [0.3, 0.4) is 0 Å². The molecule has 0 unspecified atom stereocenters. The van der Waals surface area contributed by atoms with E-state index >= 15 is 0 Å². The molecule has 5 rings (SSSR count). The Kier molecular flexibility index (Phi) is 8.14. The molecule has 210 valence electrons. The Balaban J connectivity index is 1.35. The first-order chi connectivity index (χ1) is 19.7. The smallest absolute Gasteiger partial charge is 0.255 e. The van der Waals surface area contributed by atoms with Gasteiger partial charge >= 0.3 is 0 Å². The first-order valence-electron chi connectivity index (χ1n) is 13.7. The fraction of sp³-hybridized carbons (Fsp3) is 0.242. The van der Waals surface area contributed by atoms with Crippen LogP contribution in [0.15, 0.2) is 91.4 Å². The van der Waals surface area contributed by atoms with Gasteiger partial charge in [0.15, 0.2) is 11.5 Å². The van der Waals surface area contributed by atoms with Gasteiger partial charge in [-0.05, 0) is 60.0 Å². The van der Waals surface area contributed by atoms with Crippen molar-refractivity contribution in [2.45, 2.75) is 32.7 Å². The first kappa shape index (κ1) is 28.0. The number of benzene rings is 3. The number of aliphatic hydroxyl groups excluding tert-OH is 1. The lowest BCUT2D eigenvalue weighted by Gasteiger charge is -2.19. The van der Waals surface area contributed by atoms with Crippen LogP contribution in [0.5, 0.6) is 0 Å². The Morgan fingerprint density at radius 2 is 1.76 bits per heavy atom. The van der Waals surface area contributed by atoms with Crippen molar-refractivity contribution in [3.05, 3.63) is 108 Å². The second kappa shape index (κ2) is 11.9. The number of hydrogen-bond acceptors (Lipinski definition) is 6. The molecule has 2 heterocycles. The Bertz CT molecular complexity index is 1640. The number of rotatable bonds is 9. The zero-order valence-electron chi connectivity index (χ0n) is 23.9. The van der Waals surface area contributed by atoms with Crippen LogP contribution in [0, 0.1) is 0 Å². The summed E-state index contributed by atoms with van der Waals surface area (Å²) >= 11 is 0. The molecule has 41 heavy (non-hydrogen) atoms. The molecule has 0 spiro atoms. The summed E-state index contributed by atoms with van der Waals surface area (Å²) in [5.74, 6) is 0.472. The minimum Gasteiger partial charge on any atom is -0.395 e. The van der Waals surface area contributed by atoms with Gasteiger partial charge in [-0.1, -0.05) is 57.2 Å². The summed E-state index contributed by atoms with van der Waals surface area (Å²) in [4.78, 5) is 24.4. The fourth-order valence-electron chi connectivity index (χ4n) is 4.63. The average Bonchev–Trinajstić information content (AvgIpc) is 3.43. The maximum Gasteiger partial charge on any atom is 0.255 e. The maximum absolute atomic E-state index is 13.0. The van der Waals surface area contributed by atoms with Gasteiger partial charge in [0.05, 0.1) is 12.3 Å². The van der Waals surface area contributed by atoms with E-state index in [0.29, 0.717) is 29.3 Å². The monoisotopic (exact) mass is 548 g/mol. The van der Waals surface area contributed by atoms with Gasteiger partial charge in [-0.25, -0.2) is 9.97 Å².